The minimum atomic E-state index is -3.87. The van der Waals surface area contributed by atoms with Crippen LogP contribution in [0.15, 0.2) is 44.2 Å². The van der Waals surface area contributed by atoms with Crippen molar-refractivity contribution in [3.05, 3.63) is 59.1 Å². The van der Waals surface area contributed by atoms with Crippen LogP contribution in [0.3, 0.4) is 0 Å². The van der Waals surface area contributed by atoms with Gasteiger partial charge in [0.1, 0.15) is 16.6 Å². The van der Waals surface area contributed by atoms with Crippen LogP contribution in [0.25, 0.3) is 0 Å². The first-order valence-electron chi connectivity index (χ1n) is 7.66. The second kappa shape index (κ2) is 6.77. The third-order valence-corrected chi connectivity index (χ3v) is 5.37. The van der Waals surface area contributed by atoms with E-state index in [9.17, 15) is 8.42 Å². The first-order chi connectivity index (χ1) is 11.9. The number of sulfonamides is 1. The molecule has 0 aliphatic rings. The number of rotatable bonds is 6. The van der Waals surface area contributed by atoms with Gasteiger partial charge in [-0.3, -0.25) is 0 Å². The maximum Gasteiger partial charge on any atom is 0.246 e. The van der Waals surface area contributed by atoms with Crippen LogP contribution < -0.4 is 4.72 Å². The zero-order valence-electron chi connectivity index (χ0n) is 14.1. The van der Waals surface area contributed by atoms with Crippen LogP contribution >= 0.6 is 0 Å². The molecule has 0 spiro atoms. The lowest BCUT2D eigenvalue weighted by Crippen LogP contribution is -2.31. The number of nitrogens with zero attached hydrogens (tertiary/aromatic N) is 3. The van der Waals surface area contributed by atoms with Gasteiger partial charge < -0.3 is 8.94 Å². The van der Waals surface area contributed by atoms with Crippen molar-refractivity contribution in [3.63, 3.8) is 0 Å². The summed E-state index contributed by atoms with van der Waals surface area (Å²) in [6.45, 7) is 4.78. The Hall–Kier alpha value is -2.52. The number of benzene rings is 1. The summed E-state index contributed by atoms with van der Waals surface area (Å²) < 4.78 is 38.7. The van der Waals surface area contributed by atoms with Crippen LogP contribution in [0.4, 0.5) is 0 Å². The predicted molar refractivity (Wildman–Crippen MR) is 88.2 cm³/mol. The van der Waals surface area contributed by atoms with Crippen molar-refractivity contribution < 1.29 is 17.4 Å². The minimum absolute atomic E-state index is 0.0294. The summed E-state index contributed by atoms with van der Waals surface area (Å²) in [5.74, 6) is 0.798. The zero-order valence-corrected chi connectivity index (χ0v) is 14.9. The fourth-order valence-electron chi connectivity index (χ4n) is 2.59. The van der Waals surface area contributed by atoms with E-state index in [0.717, 1.165) is 5.56 Å². The summed E-state index contributed by atoms with van der Waals surface area (Å²) in [6.07, 6.45) is 0.366. The van der Waals surface area contributed by atoms with Gasteiger partial charge in [-0.05, 0) is 25.8 Å². The van der Waals surface area contributed by atoms with Gasteiger partial charge in [0.25, 0.3) is 0 Å². The fourth-order valence-corrected chi connectivity index (χ4v) is 4.10. The third kappa shape index (κ3) is 3.77. The highest BCUT2D eigenvalue weighted by molar-refractivity contribution is 7.89. The fraction of sp³-hybridized carbons (Fsp3) is 0.312. The maximum absolute atomic E-state index is 12.8. The summed E-state index contributed by atoms with van der Waals surface area (Å²) in [7, 11) is -3.87. The highest BCUT2D eigenvalue weighted by atomic mass is 32.2. The van der Waals surface area contributed by atoms with Crippen molar-refractivity contribution in [3.8, 4) is 0 Å². The topological polar surface area (TPSA) is 111 Å². The van der Waals surface area contributed by atoms with Crippen molar-refractivity contribution in [2.24, 2.45) is 0 Å². The molecule has 0 bridgehead atoms. The standard InChI is InChI=1S/C16H18N4O4S/c1-10-15(11(2)24-19-10)25(21,22)20-14(16-18-17-12(3)23-16)9-13-7-5-4-6-8-13/h4-8,14,20H,9H2,1-3H3. The molecule has 0 aliphatic heterocycles. The van der Waals surface area contributed by atoms with Crippen molar-refractivity contribution in [1.82, 2.24) is 20.1 Å². The molecule has 1 aromatic carbocycles. The first-order valence-corrected chi connectivity index (χ1v) is 9.14. The molecule has 1 atom stereocenters. The Morgan fingerprint density at radius 3 is 2.40 bits per heavy atom. The van der Waals surface area contributed by atoms with Crippen molar-refractivity contribution >= 4 is 10.0 Å². The molecule has 3 aromatic rings. The molecule has 0 saturated heterocycles. The van der Waals surface area contributed by atoms with Crippen LogP contribution in [-0.2, 0) is 16.4 Å². The quantitative estimate of drug-likeness (QED) is 0.716. The van der Waals surface area contributed by atoms with Gasteiger partial charge in [0.2, 0.25) is 21.8 Å². The Kier molecular flexibility index (Phi) is 4.69. The SMILES string of the molecule is Cc1nnc(C(Cc2ccccc2)NS(=O)(=O)c2c(C)noc2C)o1. The predicted octanol–water partition coefficient (Wildman–Crippen LogP) is 2.25. The molecular weight excluding hydrogens is 344 g/mol. The number of nitrogens with one attached hydrogen (secondary N) is 1. The molecule has 132 valence electrons. The summed E-state index contributed by atoms with van der Waals surface area (Å²) in [6, 6.07) is 8.76. The number of aromatic nitrogens is 3. The second-order valence-corrected chi connectivity index (χ2v) is 7.33. The molecule has 3 rings (SSSR count). The first kappa shape index (κ1) is 17.3. The minimum Gasteiger partial charge on any atom is -0.424 e. The van der Waals surface area contributed by atoms with Crippen molar-refractivity contribution in [2.75, 3.05) is 0 Å². The number of hydrogen-bond donors (Lipinski definition) is 1. The van der Waals surface area contributed by atoms with Gasteiger partial charge in [-0.25, -0.2) is 8.42 Å². The molecule has 0 amide bonds. The third-order valence-electron chi connectivity index (χ3n) is 3.66. The molecule has 8 nitrogen and oxygen atoms in total. The van der Waals surface area contributed by atoms with E-state index in [-0.39, 0.29) is 16.5 Å². The average Bonchev–Trinajstić information content (AvgIpc) is 3.13. The molecule has 0 fully saturated rings. The van der Waals surface area contributed by atoms with E-state index in [1.54, 1.807) is 20.8 Å². The van der Waals surface area contributed by atoms with E-state index >= 15 is 0 Å². The molecule has 0 radical (unpaired) electrons. The molecule has 2 aromatic heterocycles. The molecular formula is C16H18N4O4S. The van der Waals surface area contributed by atoms with E-state index < -0.39 is 16.1 Å². The normalized spacial score (nSPS) is 13.1. The lowest BCUT2D eigenvalue weighted by molar-refractivity contribution is 0.390. The van der Waals surface area contributed by atoms with Gasteiger partial charge >= 0.3 is 0 Å². The lowest BCUT2D eigenvalue weighted by atomic mass is 10.1. The lowest BCUT2D eigenvalue weighted by Gasteiger charge is -2.15. The van der Waals surface area contributed by atoms with Gasteiger partial charge in [0.05, 0.1) is 0 Å². The smallest absolute Gasteiger partial charge is 0.246 e. The zero-order chi connectivity index (χ0) is 18.0. The molecule has 2 heterocycles. The highest BCUT2D eigenvalue weighted by Crippen LogP contribution is 2.24. The molecule has 1 unspecified atom stereocenters. The maximum atomic E-state index is 12.8. The van der Waals surface area contributed by atoms with Crippen LogP contribution in [0.1, 0.15) is 34.8 Å². The average molecular weight is 362 g/mol. The largest absolute Gasteiger partial charge is 0.424 e. The molecule has 25 heavy (non-hydrogen) atoms. The monoisotopic (exact) mass is 362 g/mol. The van der Waals surface area contributed by atoms with Gasteiger partial charge in [0, 0.05) is 6.92 Å². The Morgan fingerprint density at radius 1 is 1.12 bits per heavy atom. The number of aryl methyl sites for hydroxylation is 3. The highest BCUT2D eigenvalue weighted by Gasteiger charge is 2.30. The summed E-state index contributed by atoms with van der Waals surface area (Å²) in [4.78, 5) is 0.0294. The Bertz CT molecular complexity index is 944. The van der Waals surface area contributed by atoms with Gasteiger partial charge in [-0.15, -0.1) is 10.2 Å². The van der Waals surface area contributed by atoms with Gasteiger partial charge in [0.15, 0.2) is 5.76 Å². The van der Waals surface area contributed by atoms with Gasteiger partial charge in [-0.1, -0.05) is 35.5 Å². The van der Waals surface area contributed by atoms with E-state index in [4.69, 9.17) is 8.94 Å². The molecule has 9 heteroatoms. The van der Waals surface area contributed by atoms with E-state index in [0.29, 0.717) is 18.0 Å². The number of hydrogen-bond acceptors (Lipinski definition) is 7. The van der Waals surface area contributed by atoms with Crippen molar-refractivity contribution in [2.45, 2.75) is 38.1 Å². The summed E-state index contributed by atoms with van der Waals surface area (Å²) in [5.41, 5.74) is 1.23. The van der Waals surface area contributed by atoms with Crippen LogP contribution in [0.2, 0.25) is 0 Å². The second-order valence-electron chi connectivity index (χ2n) is 5.68. The molecule has 0 aliphatic carbocycles. The van der Waals surface area contributed by atoms with Crippen LogP contribution in [0.5, 0.6) is 0 Å². The summed E-state index contributed by atoms with van der Waals surface area (Å²) in [5, 5.41) is 11.5. The summed E-state index contributed by atoms with van der Waals surface area (Å²) >= 11 is 0. The van der Waals surface area contributed by atoms with Crippen LogP contribution in [0, 0.1) is 20.8 Å². The Morgan fingerprint density at radius 2 is 1.84 bits per heavy atom. The van der Waals surface area contributed by atoms with Gasteiger partial charge in [-0.2, -0.15) is 4.72 Å². The van der Waals surface area contributed by atoms with Crippen LogP contribution in [-0.4, -0.2) is 23.8 Å². The van der Waals surface area contributed by atoms with E-state index in [1.165, 1.54) is 0 Å². The Labute approximate surface area is 145 Å². The van der Waals surface area contributed by atoms with E-state index in [1.807, 2.05) is 30.3 Å². The van der Waals surface area contributed by atoms with E-state index in [2.05, 4.69) is 20.1 Å². The van der Waals surface area contributed by atoms with Crippen molar-refractivity contribution in [1.29, 1.82) is 0 Å². The molecule has 0 saturated carbocycles. The Balaban J connectivity index is 1.95. The molecule has 1 N–H and O–H groups in total.